The number of hydrogen-bond acceptors (Lipinski definition) is 5. The van der Waals surface area contributed by atoms with E-state index in [2.05, 4.69) is 14.8 Å². The maximum atomic E-state index is 13.0. The third-order valence-corrected chi connectivity index (χ3v) is 5.23. The van der Waals surface area contributed by atoms with Crippen LogP contribution in [-0.4, -0.2) is 32.3 Å². The van der Waals surface area contributed by atoms with Gasteiger partial charge in [-0.1, -0.05) is 18.5 Å². The van der Waals surface area contributed by atoms with Crippen molar-refractivity contribution in [1.82, 2.24) is 14.5 Å². The molecule has 0 N–H and O–H groups in total. The number of pyridine rings is 1. The van der Waals surface area contributed by atoms with Crippen molar-refractivity contribution >= 4 is 40.2 Å². The van der Waals surface area contributed by atoms with E-state index in [1.807, 2.05) is 6.92 Å². The van der Waals surface area contributed by atoms with E-state index in [1.165, 1.54) is 24.9 Å². The molecule has 2 heterocycles. The summed E-state index contributed by atoms with van der Waals surface area (Å²) in [5, 5.41) is 0.188. The highest BCUT2D eigenvalue weighted by Crippen LogP contribution is 2.39. The number of rotatable bonds is 5. The van der Waals surface area contributed by atoms with Gasteiger partial charge in [0.05, 0.1) is 10.5 Å². The van der Waals surface area contributed by atoms with Gasteiger partial charge >= 0.3 is 11.9 Å². The molecule has 3 rings (SSSR count). The van der Waals surface area contributed by atoms with Gasteiger partial charge in [-0.3, -0.25) is 0 Å². The number of alkyl halides is 3. The lowest BCUT2D eigenvalue weighted by Gasteiger charge is -2.09. The molecule has 0 radical (unpaired) electrons. The number of halogens is 4. The number of thioether (sulfide) groups is 1. The highest BCUT2D eigenvalue weighted by molar-refractivity contribution is 7.99. The predicted molar refractivity (Wildman–Crippen MR) is 101 cm³/mol. The van der Waals surface area contributed by atoms with Gasteiger partial charge < -0.3 is 4.57 Å². The van der Waals surface area contributed by atoms with Gasteiger partial charge in [-0.15, -0.1) is 11.8 Å². The first-order chi connectivity index (χ1) is 13.2. The van der Waals surface area contributed by atoms with E-state index >= 15 is 0 Å². The second kappa shape index (κ2) is 7.59. The van der Waals surface area contributed by atoms with E-state index < -0.39 is 11.7 Å². The zero-order valence-corrected chi connectivity index (χ0v) is 16.6. The van der Waals surface area contributed by atoms with Crippen molar-refractivity contribution < 1.29 is 22.9 Å². The summed E-state index contributed by atoms with van der Waals surface area (Å²) in [6.45, 7) is 1.94. The van der Waals surface area contributed by atoms with Gasteiger partial charge in [0, 0.05) is 29.8 Å². The Bertz CT molecular complexity index is 1070. The largest absolute Gasteiger partial charge is 0.417 e. The Morgan fingerprint density at radius 2 is 2.04 bits per heavy atom. The maximum absolute atomic E-state index is 13.0. The van der Waals surface area contributed by atoms with E-state index in [0.29, 0.717) is 17.1 Å². The average molecular weight is 432 g/mol. The minimum atomic E-state index is -4.52. The van der Waals surface area contributed by atoms with Crippen molar-refractivity contribution in [2.45, 2.75) is 18.0 Å². The third kappa shape index (κ3) is 3.66. The number of aryl methyl sites for hydroxylation is 1. The van der Waals surface area contributed by atoms with E-state index in [1.54, 1.807) is 17.7 Å². The summed E-state index contributed by atoms with van der Waals surface area (Å²) in [7, 11) is 2.85. The Hall–Kier alpha value is -2.33. The van der Waals surface area contributed by atoms with E-state index in [0.717, 1.165) is 17.2 Å². The number of nitrogens with zero attached hydrogens (tertiary/aromatic N) is 4. The molecule has 0 aliphatic carbocycles. The average Bonchev–Trinajstić information content (AvgIpc) is 2.97. The number of aromatic nitrogens is 3. The smallest absolute Gasteiger partial charge is 0.312 e. The van der Waals surface area contributed by atoms with Crippen molar-refractivity contribution in [1.29, 1.82) is 0 Å². The maximum Gasteiger partial charge on any atom is 0.417 e. The van der Waals surface area contributed by atoms with Crippen LogP contribution in [0.15, 0.2) is 29.3 Å². The Kier molecular flexibility index (Phi) is 5.53. The van der Waals surface area contributed by atoms with Gasteiger partial charge in [0.15, 0.2) is 12.8 Å². The summed E-state index contributed by atoms with van der Waals surface area (Å²) in [5.74, 6) is 1.08. The van der Waals surface area contributed by atoms with Crippen LogP contribution in [0.4, 0.5) is 18.9 Å². The van der Waals surface area contributed by atoms with Crippen molar-refractivity contribution in [3.63, 3.8) is 0 Å². The first kappa shape index (κ1) is 20.4. The Balaban J connectivity index is 2.25. The second-order valence-corrected chi connectivity index (χ2v) is 7.44. The van der Waals surface area contributed by atoms with E-state index in [4.69, 9.17) is 11.6 Å². The number of benzene rings is 1. The minimum absolute atomic E-state index is 0.0654. The lowest BCUT2D eigenvalue weighted by Crippen LogP contribution is -2.05. The number of imidazole rings is 1. The second-order valence-electron chi connectivity index (χ2n) is 5.73. The van der Waals surface area contributed by atoms with Crippen LogP contribution in [0.5, 0.6) is 0 Å². The molecule has 0 fully saturated rings. The molecule has 0 unspecified atom stereocenters. The van der Waals surface area contributed by atoms with Gasteiger partial charge in [0.25, 0.3) is 4.92 Å². The van der Waals surface area contributed by atoms with Crippen molar-refractivity contribution in [2.75, 3.05) is 12.9 Å². The first-order valence-corrected chi connectivity index (χ1v) is 9.41. The molecule has 0 atom stereocenters. The molecule has 3 aromatic rings. The van der Waals surface area contributed by atoms with Crippen LogP contribution in [-0.2, 0) is 18.1 Å². The van der Waals surface area contributed by atoms with Gasteiger partial charge in [0.1, 0.15) is 16.4 Å². The molecule has 11 heteroatoms. The molecule has 0 amide bonds. The quantitative estimate of drug-likeness (QED) is 0.400. The van der Waals surface area contributed by atoms with Crippen LogP contribution in [0, 0.1) is 4.91 Å². The molecule has 0 bridgehead atoms. The predicted octanol–water partition coefficient (Wildman–Crippen LogP) is 5.39. The Morgan fingerprint density at radius 1 is 1.32 bits per heavy atom. The Morgan fingerprint density at radius 3 is 2.64 bits per heavy atom. The summed E-state index contributed by atoms with van der Waals surface area (Å²) in [5.41, 5.74) is 0.114. The highest BCUT2D eigenvalue weighted by Gasteiger charge is 2.32. The summed E-state index contributed by atoms with van der Waals surface area (Å²) in [6.07, 6.45) is -3.75. The Labute approximate surface area is 167 Å². The topological polar surface area (TPSA) is 60.0 Å². The molecule has 0 spiro atoms. The number of fused-ring (bicyclic) bond motifs is 1. The zero-order valence-electron chi connectivity index (χ0n) is 15.0. The fourth-order valence-electron chi connectivity index (χ4n) is 2.70. The molecule has 0 saturated heterocycles. The molecule has 0 aliphatic rings. The molecular weight excluding hydrogens is 417 g/mol. The summed E-state index contributed by atoms with van der Waals surface area (Å²) >= 11 is 7.65. The lowest BCUT2D eigenvalue weighted by atomic mass is 10.2. The van der Waals surface area contributed by atoms with Crippen molar-refractivity contribution in [3.8, 4) is 11.4 Å². The molecule has 0 aliphatic heterocycles. The molecular formula is C17H15ClF3N4O2S+. The first-order valence-electron chi connectivity index (χ1n) is 8.05. The zero-order chi connectivity index (χ0) is 20.6. The van der Waals surface area contributed by atoms with Crippen molar-refractivity contribution in [3.05, 3.63) is 39.9 Å². The van der Waals surface area contributed by atoms with Gasteiger partial charge in [0.2, 0.25) is 0 Å². The third-order valence-electron chi connectivity index (χ3n) is 3.99. The SMILES string of the molecule is CCSc1cc(Cl)c([N+](=O)OC)cc1-c1nc2cc(C(F)(F)F)cnc2n1C. The van der Waals surface area contributed by atoms with Crippen LogP contribution in [0.25, 0.3) is 22.6 Å². The molecule has 0 saturated carbocycles. The van der Waals surface area contributed by atoms with Gasteiger partial charge in [-0.2, -0.15) is 13.2 Å². The van der Waals surface area contributed by atoms with Crippen LogP contribution < -0.4 is 0 Å². The van der Waals surface area contributed by atoms with Crippen LogP contribution in [0.3, 0.4) is 0 Å². The standard InChI is InChI=1S/C17H15ClF3N4O2S/c1-4-28-14-7-11(18)13(25(26)27-3)6-10(14)15-23-12-5-9(17(19,20)21)8-22-16(12)24(15)2/h5-8H,4H2,1-3H3/q+1. The molecule has 6 nitrogen and oxygen atoms in total. The lowest BCUT2D eigenvalue weighted by molar-refractivity contribution is -0.736. The van der Waals surface area contributed by atoms with Gasteiger partial charge in [-0.25, -0.2) is 14.8 Å². The minimum Gasteiger partial charge on any atom is -0.312 e. The molecule has 2 aromatic heterocycles. The normalized spacial score (nSPS) is 11.8. The fraction of sp³-hybridized carbons (Fsp3) is 0.294. The van der Waals surface area contributed by atoms with Crippen LogP contribution in [0.1, 0.15) is 12.5 Å². The monoisotopic (exact) mass is 431 g/mol. The van der Waals surface area contributed by atoms with Crippen LogP contribution in [0.2, 0.25) is 5.02 Å². The molecule has 148 valence electrons. The van der Waals surface area contributed by atoms with Crippen molar-refractivity contribution in [2.24, 2.45) is 7.05 Å². The molecule has 1 aromatic carbocycles. The van der Waals surface area contributed by atoms with Crippen LogP contribution >= 0.6 is 23.4 Å². The van der Waals surface area contributed by atoms with E-state index in [9.17, 15) is 18.1 Å². The summed E-state index contributed by atoms with van der Waals surface area (Å²) in [6, 6.07) is 4.06. The van der Waals surface area contributed by atoms with Gasteiger partial charge in [-0.05, 0) is 17.9 Å². The molecule has 28 heavy (non-hydrogen) atoms. The summed E-state index contributed by atoms with van der Waals surface area (Å²) < 4.78 is 40.5. The highest BCUT2D eigenvalue weighted by atomic mass is 35.5. The fourth-order valence-corrected chi connectivity index (χ4v) is 3.82. The number of hydrogen-bond donors (Lipinski definition) is 0. The summed E-state index contributed by atoms with van der Waals surface area (Å²) in [4.78, 5) is 25.8. The van der Waals surface area contributed by atoms with E-state index in [-0.39, 0.29) is 26.8 Å².